The van der Waals surface area contributed by atoms with Crippen LogP contribution in [0.15, 0.2) is 36.0 Å². The quantitative estimate of drug-likeness (QED) is 0.728. The Morgan fingerprint density at radius 1 is 1.23 bits per heavy atom. The van der Waals surface area contributed by atoms with Crippen LogP contribution >= 0.6 is 11.3 Å². The second-order valence-electron chi connectivity index (χ2n) is 2.55. The van der Waals surface area contributed by atoms with E-state index in [-0.39, 0.29) is 0 Å². The van der Waals surface area contributed by atoms with Crippen molar-refractivity contribution in [2.75, 3.05) is 7.11 Å². The Bertz CT molecular complexity index is 383. The van der Waals surface area contributed by atoms with E-state index in [0.29, 0.717) is 0 Å². The molecule has 2 rings (SSSR count). The molecule has 13 heavy (non-hydrogen) atoms. The fraction of sp³-hybridized carbons (Fsp3) is 0.100. The van der Waals surface area contributed by atoms with Gasteiger partial charge in [0.2, 0.25) is 0 Å². The summed E-state index contributed by atoms with van der Waals surface area (Å²) < 4.78 is 5.23. The molecule has 0 aliphatic carbocycles. The summed E-state index contributed by atoms with van der Waals surface area (Å²) in [5, 5.41) is 2.02. The lowest BCUT2D eigenvalue weighted by atomic mass is 10.2. The van der Waals surface area contributed by atoms with Crippen molar-refractivity contribution in [3.63, 3.8) is 0 Å². The minimum Gasteiger partial charge on any atom is -0.495 e. The standard InChI is InChI=1S/C10H9NOS/c1-12-9-4-7-13-10(9)8-2-5-11-6-3-8/h2-7H,1H3. The first-order chi connectivity index (χ1) is 6.42. The summed E-state index contributed by atoms with van der Waals surface area (Å²) in [4.78, 5) is 5.13. The van der Waals surface area contributed by atoms with Crippen LogP contribution in [0.25, 0.3) is 10.4 Å². The smallest absolute Gasteiger partial charge is 0.137 e. The van der Waals surface area contributed by atoms with E-state index in [2.05, 4.69) is 4.98 Å². The van der Waals surface area contributed by atoms with Crippen LogP contribution in [-0.4, -0.2) is 12.1 Å². The van der Waals surface area contributed by atoms with E-state index in [4.69, 9.17) is 4.74 Å². The molecule has 2 nitrogen and oxygen atoms in total. The molecule has 3 heteroatoms. The van der Waals surface area contributed by atoms with E-state index in [9.17, 15) is 0 Å². The van der Waals surface area contributed by atoms with Gasteiger partial charge in [0.1, 0.15) is 5.75 Å². The van der Waals surface area contributed by atoms with Crippen LogP contribution in [0.5, 0.6) is 5.75 Å². The van der Waals surface area contributed by atoms with E-state index in [1.54, 1.807) is 30.8 Å². The van der Waals surface area contributed by atoms with Crippen molar-refractivity contribution in [2.24, 2.45) is 0 Å². The summed E-state index contributed by atoms with van der Waals surface area (Å²) in [6.07, 6.45) is 3.57. The maximum Gasteiger partial charge on any atom is 0.137 e. The Morgan fingerprint density at radius 2 is 2.00 bits per heavy atom. The first-order valence-corrected chi connectivity index (χ1v) is 4.81. The van der Waals surface area contributed by atoms with Crippen molar-refractivity contribution < 1.29 is 4.74 Å². The van der Waals surface area contributed by atoms with E-state index < -0.39 is 0 Å². The van der Waals surface area contributed by atoms with Gasteiger partial charge in [0.25, 0.3) is 0 Å². The monoisotopic (exact) mass is 191 g/mol. The van der Waals surface area contributed by atoms with Gasteiger partial charge in [0, 0.05) is 12.4 Å². The molecular weight excluding hydrogens is 182 g/mol. The molecule has 0 radical (unpaired) electrons. The number of hydrogen-bond acceptors (Lipinski definition) is 3. The fourth-order valence-electron chi connectivity index (χ4n) is 1.17. The maximum atomic E-state index is 5.23. The zero-order valence-electron chi connectivity index (χ0n) is 7.23. The van der Waals surface area contributed by atoms with Gasteiger partial charge in [0.15, 0.2) is 0 Å². The third-order valence-corrected chi connectivity index (χ3v) is 2.74. The summed E-state index contributed by atoms with van der Waals surface area (Å²) in [5.74, 6) is 0.927. The van der Waals surface area contributed by atoms with Gasteiger partial charge in [0.05, 0.1) is 12.0 Å². The van der Waals surface area contributed by atoms with Crippen molar-refractivity contribution in [2.45, 2.75) is 0 Å². The molecule has 0 atom stereocenters. The minimum absolute atomic E-state index is 0.927. The zero-order valence-corrected chi connectivity index (χ0v) is 8.04. The van der Waals surface area contributed by atoms with E-state index in [1.807, 2.05) is 23.6 Å². The Labute approximate surface area is 80.8 Å². The van der Waals surface area contributed by atoms with Crippen LogP contribution in [0.3, 0.4) is 0 Å². The van der Waals surface area contributed by atoms with Gasteiger partial charge >= 0.3 is 0 Å². The van der Waals surface area contributed by atoms with Crippen LogP contribution in [-0.2, 0) is 0 Å². The van der Waals surface area contributed by atoms with Crippen LogP contribution in [0.4, 0.5) is 0 Å². The molecule has 0 amide bonds. The number of aromatic nitrogens is 1. The number of methoxy groups -OCH3 is 1. The molecule has 0 spiro atoms. The largest absolute Gasteiger partial charge is 0.495 e. The fourth-order valence-corrected chi connectivity index (χ4v) is 2.04. The molecule has 0 aliphatic rings. The summed E-state index contributed by atoms with van der Waals surface area (Å²) in [7, 11) is 1.69. The van der Waals surface area contributed by atoms with Crippen molar-refractivity contribution in [1.82, 2.24) is 4.98 Å². The zero-order chi connectivity index (χ0) is 9.10. The molecule has 0 N–H and O–H groups in total. The molecule has 0 saturated carbocycles. The van der Waals surface area contributed by atoms with Crippen LogP contribution in [0, 0.1) is 0 Å². The third kappa shape index (κ3) is 1.55. The van der Waals surface area contributed by atoms with E-state index >= 15 is 0 Å². The lowest BCUT2D eigenvalue weighted by Crippen LogP contribution is -1.82. The van der Waals surface area contributed by atoms with Crippen LogP contribution in [0.1, 0.15) is 0 Å². The maximum absolute atomic E-state index is 5.23. The SMILES string of the molecule is COc1ccsc1-c1ccncc1. The third-order valence-electron chi connectivity index (χ3n) is 1.79. The Kier molecular flexibility index (Phi) is 2.27. The molecule has 2 heterocycles. The number of hydrogen-bond donors (Lipinski definition) is 0. The first kappa shape index (κ1) is 8.26. The Balaban J connectivity index is 2.47. The molecule has 66 valence electrons. The van der Waals surface area contributed by atoms with Crippen molar-refractivity contribution in [1.29, 1.82) is 0 Å². The summed E-state index contributed by atoms with van der Waals surface area (Å²) >= 11 is 1.67. The van der Waals surface area contributed by atoms with Crippen molar-refractivity contribution >= 4 is 11.3 Å². The Hall–Kier alpha value is -1.35. The highest BCUT2D eigenvalue weighted by Gasteiger charge is 2.05. The molecule has 2 aromatic rings. The summed E-state index contributed by atoms with van der Waals surface area (Å²) in [6, 6.07) is 5.93. The molecule has 0 aromatic carbocycles. The van der Waals surface area contributed by atoms with Gasteiger partial charge in [-0.2, -0.15) is 0 Å². The lowest BCUT2D eigenvalue weighted by molar-refractivity contribution is 0.418. The second-order valence-corrected chi connectivity index (χ2v) is 3.47. The molecule has 0 saturated heterocycles. The van der Waals surface area contributed by atoms with Gasteiger partial charge in [-0.05, 0) is 29.1 Å². The lowest BCUT2D eigenvalue weighted by Gasteiger charge is -2.00. The van der Waals surface area contributed by atoms with Gasteiger partial charge in [-0.25, -0.2) is 0 Å². The summed E-state index contributed by atoms with van der Waals surface area (Å²) in [5.41, 5.74) is 1.15. The predicted octanol–water partition coefficient (Wildman–Crippen LogP) is 2.82. The number of ether oxygens (including phenoxy) is 1. The number of pyridine rings is 1. The van der Waals surface area contributed by atoms with Gasteiger partial charge in [-0.1, -0.05) is 0 Å². The number of nitrogens with zero attached hydrogens (tertiary/aromatic N) is 1. The van der Waals surface area contributed by atoms with Crippen LogP contribution in [0.2, 0.25) is 0 Å². The van der Waals surface area contributed by atoms with Gasteiger partial charge < -0.3 is 4.74 Å². The van der Waals surface area contributed by atoms with E-state index in [0.717, 1.165) is 16.2 Å². The highest BCUT2D eigenvalue weighted by atomic mass is 32.1. The average Bonchev–Trinajstić information content (AvgIpc) is 2.67. The highest BCUT2D eigenvalue weighted by molar-refractivity contribution is 7.14. The van der Waals surface area contributed by atoms with Crippen molar-refractivity contribution in [3.05, 3.63) is 36.0 Å². The summed E-state index contributed by atoms with van der Waals surface area (Å²) in [6.45, 7) is 0. The van der Waals surface area contributed by atoms with Crippen molar-refractivity contribution in [3.8, 4) is 16.2 Å². The second kappa shape index (κ2) is 3.58. The van der Waals surface area contributed by atoms with Gasteiger partial charge in [-0.15, -0.1) is 11.3 Å². The normalized spacial score (nSPS) is 9.92. The Morgan fingerprint density at radius 3 is 2.69 bits per heavy atom. The van der Waals surface area contributed by atoms with Crippen LogP contribution < -0.4 is 4.74 Å². The van der Waals surface area contributed by atoms with E-state index in [1.165, 1.54) is 0 Å². The molecule has 0 fully saturated rings. The predicted molar refractivity (Wildman–Crippen MR) is 54.1 cm³/mol. The molecule has 2 aromatic heterocycles. The van der Waals surface area contributed by atoms with Gasteiger partial charge in [-0.3, -0.25) is 4.98 Å². The number of rotatable bonds is 2. The molecular formula is C10H9NOS. The first-order valence-electron chi connectivity index (χ1n) is 3.93. The highest BCUT2D eigenvalue weighted by Crippen LogP contribution is 2.34. The molecule has 0 aliphatic heterocycles. The molecule has 0 unspecified atom stereocenters. The topological polar surface area (TPSA) is 22.1 Å². The number of thiophene rings is 1. The average molecular weight is 191 g/mol. The molecule has 0 bridgehead atoms. The minimum atomic E-state index is 0.927.